The lowest BCUT2D eigenvalue weighted by Gasteiger charge is -2.31. The van der Waals surface area contributed by atoms with Crippen molar-refractivity contribution in [2.24, 2.45) is 0 Å². The molecular weight excluding hydrogens is 326 g/mol. The Labute approximate surface area is 155 Å². The van der Waals surface area contributed by atoms with Gasteiger partial charge < -0.3 is 14.4 Å². The second kappa shape index (κ2) is 9.27. The summed E-state index contributed by atoms with van der Waals surface area (Å²) >= 11 is 0. The van der Waals surface area contributed by atoms with E-state index in [4.69, 9.17) is 9.47 Å². The van der Waals surface area contributed by atoms with Crippen molar-refractivity contribution in [3.8, 4) is 5.75 Å². The Morgan fingerprint density at radius 1 is 1.04 bits per heavy atom. The fraction of sp³-hybridized carbons (Fsp3) is 0.409. The number of amides is 1. The second-order valence-corrected chi connectivity index (χ2v) is 6.72. The van der Waals surface area contributed by atoms with Crippen LogP contribution in [0, 0.1) is 0 Å². The highest BCUT2D eigenvalue weighted by Gasteiger charge is 2.24. The number of hydrogen-bond acceptors (Lipinski definition) is 3. The molecule has 0 aromatic heterocycles. The first-order valence-corrected chi connectivity index (χ1v) is 9.44. The van der Waals surface area contributed by atoms with Crippen molar-refractivity contribution in [3.05, 3.63) is 65.7 Å². The van der Waals surface area contributed by atoms with E-state index in [1.807, 2.05) is 47.4 Å². The van der Waals surface area contributed by atoms with Crippen molar-refractivity contribution in [2.75, 3.05) is 19.7 Å². The molecule has 0 aliphatic carbocycles. The van der Waals surface area contributed by atoms with Crippen LogP contribution in [-0.4, -0.2) is 30.7 Å². The minimum atomic E-state index is -0.212. The van der Waals surface area contributed by atoms with Crippen LogP contribution in [0.15, 0.2) is 54.6 Å². The largest absolute Gasteiger partial charge is 0.494 e. The summed E-state index contributed by atoms with van der Waals surface area (Å²) in [5.74, 6) is 1.42. The Morgan fingerprint density at radius 2 is 1.73 bits per heavy atom. The monoisotopic (exact) mass is 353 g/mol. The number of carbonyl (C=O) groups excluding carboxylic acids is 1. The van der Waals surface area contributed by atoms with E-state index >= 15 is 0 Å². The third-order valence-electron chi connectivity index (χ3n) is 4.78. The number of ether oxygens (including phenoxy) is 2. The molecule has 1 amide bonds. The molecule has 3 rings (SSSR count). The fourth-order valence-corrected chi connectivity index (χ4v) is 3.26. The van der Waals surface area contributed by atoms with Crippen molar-refractivity contribution in [1.29, 1.82) is 0 Å². The molecule has 0 N–H and O–H groups in total. The van der Waals surface area contributed by atoms with E-state index in [9.17, 15) is 4.79 Å². The number of carbonyl (C=O) groups is 1. The van der Waals surface area contributed by atoms with E-state index in [0.29, 0.717) is 12.5 Å². The second-order valence-electron chi connectivity index (χ2n) is 6.72. The maximum atomic E-state index is 12.2. The Bertz CT molecular complexity index is 676. The van der Waals surface area contributed by atoms with Crippen molar-refractivity contribution in [3.63, 3.8) is 0 Å². The maximum absolute atomic E-state index is 12.2. The van der Waals surface area contributed by atoms with Crippen molar-refractivity contribution >= 4 is 6.09 Å². The lowest BCUT2D eigenvalue weighted by atomic mass is 9.89. The van der Waals surface area contributed by atoms with Gasteiger partial charge in [0.1, 0.15) is 12.4 Å². The highest BCUT2D eigenvalue weighted by atomic mass is 16.6. The van der Waals surface area contributed by atoms with Gasteiger partial charge in [-0.2, -0.15) is 0 Å². The molecule has 2 aromatic carbocycles. The SMILES string of the molecule is CCCOc1ccc(C2CCN(C(=O)OCc3ccccc3)CC2)cc1. The highest BCUT2D eigenvalue weighted by Crippen LogP contribution is 2.29. The molecule has 1 heterocycles. The topological polar surface area (TPSA) is 38.8 Å². The normalized spacial score (nSPS) is 14.9. The molecular formula is C22H27NO3. The predicted octanol–water partition coefficient (Wildman–Crippen LogP) is 4.99. The minimum Gasteiger partial charge on any atom is -0.494 e. The molecule has 1 aliphatic heterocycles. The van der Waals surface area contributed by atoms with E-state index in [2.05, 4.69) is 19.1 Å². The summed E-state index contributed by atoms with van der Waals surface area (Å²) < 4.78 is 11.1. The lowest BCUT2D eigenvalue weighted by molar-refractivity contribution is 0.0870. The first-order valence-electron chi connectivity index (χ1n) is 9.44. The molecule has 138 valence electrons. The van der Waals surface area contributed by atoms with Crippen LogP contribution >= 0.6 is 0 Å². The Hall–Kier alpha value is -2.49. The third kappa shape index (κ3) is 5.01. The molecule has 0 radical (unpaired) electrons. The Balaban J connectivity index is 1.45. The van der Waals surface area contributed by atoms with Gasteiger partial charge in [-0.05, 0) is 48.4 Å². The molecule has 0 saturated carbocycles. The van der Waals surface area contributed by atoms with Gasteiger partial charge in [-0.15, -0.1) is 0 Å². The van der Waals surface area contributed by atoms with E-state index in [0.717, 1.165) is 50.3 Å². The number of rotatable bonds is 6. The summed E-state index contributed by atoms with van der Waals surface area (Å²) in [4.78, 5) is 14.1. The van der Waals surface area contributed by atoms with Crippen LogP contribution in [0.25, 0.3) is 0 Å². The van der Waals surface area contributed by atoms with E-state index in [-0.39, 0.29) is 6.09 Å². The number of likely N-dealkylation sites (tertiary alicyclic amines) is 1. The van der Waals surface area contributed by atoms with Gasteiger partial charge in [0, 0.05) is 13.1 Å². The molecule has 0 unspecified atom stereocenters. The molecule has 0 spiro atoms. The summed E-state index contributed by atoms with van der Waals surface area (Å²) in [7, 11) is 0. The van der Waals surface area contributed by atoms with Crippen molar-refractivity contribution in [1.82, 2.24) is 4.90 Å². The van der Waals surface area contributed by atoms with Gasteiger partial charge in [-0.3, -0.25) is 0 Å². The molecule has 1 saturated heterocycles. The van der Waals surface area contributed by atoms with E-state index < -0.39 is 0 Å². The summed E-state index contributed by atoms with van der Waals surface area (Å²) in [5, 5.41) is 0. The summed E-state index contributed by atoms with van der Waals surface area (Å²) in [6.07, 6.45) is 2.74. The summed E-state index contributed by atoms with van der Waals surface area (Å²) in [5.41, 5.74) is 2.34. The standard InChI is InChI=1S/C22H27NO3/c1-2-16-25-21-10-8-19(9-11-21)20-12-14-23(15-13-20)22(24)26-17-18-6-4-3-5-7-18/h3-11,20H,2,12-17H2,1H3. The van der Waals surface area contributed by atoms with Crippen molar-refractivity contribution in [2.45, 2.75) is 38.7 Å². The van der Waals surface area contributed by atoms with Gasteiger partial charge in [0.25, 0.3) is 0 Å². The average Bonchev–Trinajstić information content (AvgIpc) is 2.72. The summed E-state index contributed by atoms with van der Waals surface area (Å²) in [6, 6.07) is 18.2. The third-order valence-corrected chi connectivity index (χ3v) is 4.78. The van der Waals surface area contributed by atoms with Crippen LogP contribution < -0.4 is 4.74 Å². The molecule has 1 aliphatic rings. The zero-order valence-corrected chi connectivity index (χ0v) is 15.4. The highest BCUT2D eigenvalue weighted by molar-refractivity contribution is 5.67. The molecule has 4 heteroatoms. The molecule has 26 heavy (non-hydrogen) atoms. The Kier molecular flexibility index (Phi) is 6.53. The molecule has 0 atom stereocenters. The van der Waals surface area contributed by atoms with Crippen LogP contribution in [0.2, 0.25) is 0 Å². The van der Waals surface area contributed by atoms with Gasteiger partial charge in [-0.25, -0.2) is 4.79 Å². The zero-order valence-electron chi connectivity index (χ0n) is 15.4. The van der Waals surface area contributed by atoms with Gasteiger partial charge in [0.2, 0.25) is 0 Å². The van der Waals surface area contributed by atoms with Crippen LogP contribution in [-0.2, 0) is 11.3 Å². The van der Waals surface area contributed by atoms with Gasteiger partial charge in [0.15, 0.2) is 0 Å². The zero-order chi connectivity index (χ0) is 18.2. The van der Waals surface area contributed by atoms with Gasteiger partial charge in [-0.1, -0.05) is 49.4 Å². The molecule has 2 aromatic rings. The number of piperidine rings is 1. The van der Waals surface area contributed by atoms with Gasteiger partial charge >= 0.3 is 6.09 Å². The van der Waals surface area contributed by atoms with Crippen LogP contribution in [0.4, 0.5) is 4.79 Å². The lowest BCUT2D eigenvalue weighted by Crippen LogP contribution is -2.38. The number of hydrogen-bond donors (Lipinski definition) is 0. The van der Waals surface area contributed by atoms with E-state index in [1.54, 1.807) is 0 Å². The average molecular weight is 353 g/mol. The minimum absolute atomic E-state index is 0.212. The number of nitrogens with zero attached hydrogens (tertiary/aromatic N) is 1. The predicted molar refractivity (Wildman–Crippen MR) is 102 cm³/mol. The quantitative estimate of drug-likeness (QED) is 0.734. The smallest absolute Gasteiger partial charge is 0.410 e. The summed E-state index contributed by atoms with van der Waals surface area (Å²) in [6.45, 7) is 4.67. The van der Waals surface area contributed by atoms with Gasteiger partial charge in [0.05, 0.1) is 6.61 Å². The van der Waals surface area contributed by atoms with Crippen molar-refractivity contribution < 1.29 is 14.3 Å². The number of benzene rings is 2. The Morgan fingerprint density at radius 3 is 2.38 bits per heavy atom. The van der Waals surface area contributed by atoms with Crippen LogP contribution in [0.3, 0.4) is 0 Å². The first-order chi connectivity index (χ1) is 12.8. The first kappa shape index (κ1) is 18.3. The molecule has 0 bridgehead atoms. The molecule has 4 nitrogen and oxygen atoms in total. The van der Waals surface area contributed by atoms with E-state index in [1.165, 1.54) is 5.56 Å². The fourth-order valence-electron chi connectivity index (χ4n) is 3.26. The van der Waals surface area contributed by atoms with Crippen LogP contribution in [0.5, 0.6) is 5.75 Å². The molecule has 1 fully saturated rings. The van der Waals surface area contributed by atoms with Crippen LogP contribution in [0.1, 0.15) is 43.2 Å². The maximum Gasteiger partial charge on any atom is 0.410 e.